The number of methoxy groups -OCH3 is 1. The van der Waals surface area contributed by atoms with Crippen molar-refractivity contribution in [2.45, 2.75) is 31.0 Å². The highest BCUT2D eigenvalue weighted by Gasteiger charge is 2.20. The van der Waals surface area contributed by atoms with Crippen molar-refractivity contribution in [1.82, 2.24) is 0 Å². The Labute approximate surface area is 163 Å². The molecule has 0 amide bonds. The number of aliphatic hydroxyl groups is 1. The first-order valence-corrected chi connectivity index (χ1v) is 9.82. The summed E-state index contributed by atoms with van der Waals surface area (Å²) in [7, 11) is -2.65. The molecular weight excluding hydrogens is 386 g/mol. The predicted octanol–water partition coefficient (Wildman–Crippen LogP) is 2.26. The second-order valence-corrected chi connectivity index (χ2v) is 7.68. The molecule has 2 N–H and O–H groups in total. The maximum atomic E-state index is 12.4. The van der Waals surface area contributed by atoms with Crippen LogP contribution in [-0.4, -0.2) is 38.7 Å². The summed E-state index contributed by atoms with van der Waals surface area (Å²) in [6.07, 6.45) is -1.75. The number of hydrogen-bond donors (Lipinski definition) is 2. The Bertz CT molecular complexity index is 935. The molecule has 9 heteroatoms. The first-order valence-electron chi connectivity index (χ1n) is 8.34. The van der Waals surface area contributed by atoms with Crippen LogP contribution < -0.4 is 4.72 Å². The normalized spacial score (nSPS) is 13.3. The smallest absolute Gasteiger partial charge is 0.346 e. The number of carbonyl (C=O) groups excluding carboxylic acids is 2. The van der Waals surface area contributed by atoms with E-state index in [2.05, 4.69) is 9.46 Å². The quantitative estimate of drug-likeness (QED) is 0.676. The number of ether oxygens (including phenoxy) is 2. The number of aliphatic hydroxyl groups excluding tert-OH is 1. The number of esters is 2. The van der Waals surface area contributed by atoms with Gasteiger partial charge in [0.15, 0.2) is 6.10 Å². The van der Waals surface area contributed by atoms with E-state index < -0.39 is 34.2 Å². The molecule has 8 nitrogen and oxygen atoms in total. The number of carbonyl (C=O) groups is 2. The Hall–Kier alpha value is -2.91. The van der Waals surface area contributed by atoms with E-state index in [1.807, 2.05) is 0 Å². The van der Waals surface area contributed by atoms with E-state index in [-0.39, 0.29) is 16.1 Å². The van der Waals surface area contributed by atoms with Gasteiger partial charge in [-0.05, 0) is 55.8 Å². The molecule has 0 aliphatic carbocycles. The fraction of sp³-hybridized carbons (Fsp3) is 0.263. The zero-order valence-corrected chi connectivity index (χ0v) is 16.4. The molecule has 0 aliphatic rings. The molecule has 0 saturated heterocycles. The highest BCUT2D eigenvalue weighted by Crippen LogP contribution is 2.20. The summed E-state index contributed by atoms with van der Waals surface area (Å²) < 4.78 is 36.7. The Balaban J connectivity index is 2.08. The van der Waals surface area contributed by atoms with E-state index in [1.54, 1.807) is 6.92 Å². The molecule has 2 aromatic carbocycles. The molecule has 0 unspecified atom stereocenters. The van der Waals surface area contributed by atoms with Gasteiger partial charge in [-0.1, -0.05) is 12.1 Å². The monoisotopic (exact) mass is 407 g/mol. The van der Waals surface area contributed by atoms with Crippen LogP contribution in [0.15, 0.2) is 53.4 Å². The molecule has 0 aliphatic heterocycles. The number of benzene rings is 2. The van der Waals surface area contributed by atoms with Gasteiger partial charge in [-0.2, -0.15) is 0 Å². The third-order valence-corrected chi connectivity index (χ3v) is 5.26. The highest BCUT2D eigenvalue weighted by molar-refractivity contribution is 7.92. The van der Waals surface area contributed by atoms with E-state index in [0.29, 0.717) is 5.56 Å². The second-order valence-electron chi connectivity index (χ2n) is 6.00. The van der Waals surface area contributed by atoms with Crippen molar-refractivity contribution in [3.63, 3.8) is 0 Å². The SMILES string of the molecule is COC(=O)[C@@H](C)OC(=O)c1ccc(NS(=O)(=O)c2ccc([C@H](C)O)cc2)cc1. The van der Waals surface area contributed by atoms with Gasteiger partial charge in [0.1, 0.15) is 0 Å². The summed E-state index contributed by atoms with van der Waals surface area (Å²) in [4.78, 5) is 23.3. The molecule has 0 bridgehead atoms. The lowest BCUT2D eigenvalue weighted by atomic mass is 10.1. The van der Waals surface area contributed by atoms with E-state index >= 15 is 0 Å². The fourth-order valence-corrected chi connectivity index (χ4v) is 3.32. The Morgan fingerprint density at radius 1 is 1.00 bits per heavy atom. The first kappa shape index (κ1) is 21.4. The summed E-state index contributed by atoms with van der Waals surface area (Å²) in [5, 5.41) is 9.49. The van der Waals surface area contributed by atoms with Gasteiger partial charge >= 0.3 is 11.9 Å². The van der Waals surface area contributed by atoms with Gasteiger partial charge in [-0.25, -0.2) is 18.0 Å². The lowest BCUT2D eigenvalue weighted by Crippen LogP contribution is -2.25. The van der Waals surface area contributed by atoms with Crippen LogP contribution in [-0.2, 0) is 24.3 Å². The van der Waals surface area contributed by atoms with Crippen LogP contribution in [0.3, 0.4) is 0 Å². The summed E-state index contributed by atoms with van der Waals surface area (Å²) in [5.41, 5.74) is 1.00. The average Bonchev–Trinajstić information content (AvgIpc) is 2.67. The van der Waals surface area contributed by atoms with E-state index in [9.17, 15) is 23.1 Å². The van der Waals surface area contributed by atoms with Gasteiger partial charge in [0.2, 0.25) is 0 Å². The fourth-order valence-electron chi connectivity index (χ4n) is 2.26. The van der Waals surface area contributed by atoms with Gasteiger partial charge < -0.3 is 14.6 Å². The number of nitrogens with one attached hydrogen (secondary N) is 1. The second kappa shape index (κ2) is 8.85. The van der Waals surface area contributed by atoms with Crippen molar-refractivity contribution in [2.24, 2.45) is 0 Å². The Morgan fingerprint density at radius 2 is 1.57 bits per heavy atom. The summed E-state index contributed by atoms with van der Waals surface area (Å²) in [6.45, 7) is 2.97. The molecule has 2 atom stereocenters. The Morgan fingerprint density at radius 3 is 2.07 bits per heavy atom. The van der Waals surface area contributed by atoms with Gasteiger partial charge in [0.05, 0.1) is 23.7 Å². The molecule has 0 radical (unpaired) electrons. The molecular formula is C19H21NO7S. The first-order chi connectivity index (χ1) is 13.1. The number of sulfonamides is 1. The Kier molecular flexibility index (Phi) is 6.76. The van der Waals surface area contributed by atoms with Gasteiger partial charge in [0.25, 0.3) is 10.0 Å². The molecule has 2 rings (SSSR count). The molecule has 0 aromatic heterocycles. The third-order valence-electron chi connectivity index (χ3n) is 3.86. The summed E-state index contributed by atoms with van der Waals surface area (Å²) in [6, 6.07) is 11.4. The lowest BCUT2D eigenvalue weighted by molar-refractivity contribution is -0.149. The zero-order valence-electron chi connectivity index (χ0n) is 15.6. The number of rotatable bonds is 7. The predicted molar refractivity (Wildman–Crippen MR) is 101 cm³/mol. The van der Waals surface area contributed by atoms with E-state index in [1.165, 1.54) is 62.6 Å². The molecule has 0 fully saturated rings. The van der Waals surface area contributed by atoms with Crippen LogP contribution in [0, 0.1) is 0 Å². The molecule has 2 aromatic rings. The van der Waals surface area contributed by atoms with Crippen LogP contribution in [0.4, 0.5) is 5.69 Å². The third kappa shape index (κ3) is 5.30. The van der Waals surface area contributed by atoms with E-state index in [4.69, 9.17) is 4.74 Å². The topological polar surface area (TPSA) is 119 Å². The minimum Gasteiger partial charge on any atom is -0.466 e. The largest absolute Gasteiger partial charge is 0.466 e. The molecule has 0 saturated carbocycles. The van der Waals surface area contributed by atoms with Crippen LogP contribution in [0.25, 0.3) is 0 Å². The lowest BCUT2D eigenvalue weighted by Gasteiger charge is -2.12. The molecule has 0 heterocycles. The van der Waals surface area contributed by atoms with Crippen molar-refractivity contribution in [3.8, 4) is 0 Å². The van der Waals surface area contributed by atoms with Crippen molar-refractivity contribution < 1.29 is 32.6 Å². The maximum Gasteiger partial charge on any atom is 0.346 e. The van der Waals surface area contributed by atoms with Crippen molar-refractivity contribution in [2.75, 3.05) is 11.8 Å². The summed E-state index contributed by atoms with van der Waals surface area (Å²) in [5.74, 6) is -1.42. The molecule has 28 heavy (non-hydrogen) atoms. The zero-order chi connectivity index (χ0) is 20.9. The number of anilines is 1. The standard InChI is InChI=1S/C19H21NO7S/c1-12(21)14-6-10-17(11-7-14)28(24,25)20-16-8-4-15(5-9-16)19(23)27-13(2)18(22)26-3/h4-13,20-21H,1-3H3/t12-,13+/m0/s1. The van der Waals surface area contributed by atoms with Crippen LogP contribution in [0.1, 0.15) is 35.9 Å². The van der Waals surface area contributed by atoms with E-state index in [0.717, 1.165) is 0 Å². The highest BCUT2D eigenvalue weighted by atomic mass is 32.2. The maximum absolute atomic E-state index is 12.4. The van der Waals surface area contributed by atoms with Crippen molar-refractivity contribution in [3.05, 3.63) is 59.7 Å². The average molecular weight is 407 g/mol. The van der Waals surface area contributed by atoms with Gasteiger partial charge in [-0.3, -0.25) is 4.72 Å². The minimum atomic E-state index is -3.83. The molecule has 0 spiro atoms. The van der Waals surface area contributed by atoms with Crippen LogP contribution >= 0.6 is 0 Å². The van der Waals surface area contributed by atoms with Crippen LogP contribution in [0.2, 0.25) is 0 Å². The minimum absolute atomic E-state index is 0.0345. The molecule has 150 valence electrons. The number of hydrogen-bond acceptors (Lipinski definition) is 7. The van der Waals surface area contributed by atoms with Gasteiger partial charge in [0, 0.05) is 5.69 Å². The summed E-state index contributed by atoms with van der Waals surface area (Å²) >= 11 is 0. The van der Waals surface area contributed by atoms with Crippen molar-refractivity contribution >= 4 is 27.6 Å². The van der Waals surface area contributed by atoms with Crippen LogP contribution in [0.5, 0.6) is 0 Å². The van der Waals surface area contributed by atoms with Crippen molar-refractivity contribution in [1.29, 1.82) is 0 Å². The van der Waals surface area contributed by atoms with Gasteiger partial charge in [-0.15, -0.1) is 0 Å².